The molecule has 32 heavy (non-hydrogen) atoms. The predicted octanol–water partition coefficient (Wildman–Crippen LogP) is 5.35. The minimum atomic E-state index is -4.52. The minimum absolute atomic E-state index is 0.0125. The van der Waals surface area contributed by atoms with Gasteiger partial charge in [-0.2, -0.15) is 13.2 Å². The van der Waals surface area contributed by atoms with Gasteiger partial charge in [-0.3, -0.25) is 4.79 Å². The summed E-state index contributed by atoms with van der Waals surface area (Å²) < 4.78 is 40.7. The predicted molar refractivity (Wildman–Crippen MR) is 120 cm³/mol. The maximum Gasteiger partial charge on any atom is 0.416 e. The number of carbonyl (C=O) groups excluding carboxylic acids is 1. The van der Waals surface area contributed by atoms with E-state index in [0.717, 1.165) is 43.6 Å². The molecule has 0 unspecified atom stereocenters. The molecule has 0 atom stereocenters. The zero-order chi connectivity index (χ0) is 22.7. The second kappa shape index (κ2) is 9.71. The van der Waals surface area contributed by atoms with Gasteiger partial charge in [0.15, 0.2) is 0 Å². The fourth-order valence-corrected chi connectivity index (χ4v) is 4.83. The standard InChI is InChI=1S/C24H27ClF3N3O/c25-20-5-3-4-17(12-20)16-29-23(32)18-13-19(24(26,27)28)15-22(14-18)31-10-6-21(7-11-31)30-8-1-2-9-30/h3-5,12-15,21H,1-2,6-11,16H2,(H,29,32). The van der Waals surface area contributed by atoms with Crippen LogP contribution in [0.25, 0.3) is 0 Å². The number of alkyl halides is 3. The molecule has 4 nitrogen and oxygen atoms in total. The van der Waals surface area contributed by atoms with E-state index in [2.05, 4.69) is 10.2 Å². The van der Waals surface area contributed by atoms with Crippen molar-refractivity contribution in [1.29, 1.82) is 0 Å². The molecule has 1 amide bonds. The molecule has 0 radical (unpaired) electrons. The van der Waals surface area contributed by atoms with Gasteiger partial charge in [-0.1, -0.05) is 23.7 Å². The van der Waals surface area contributed by atoms with Crippen molar-refractivity contribution in [3.05, 3.63) is 64.2 Å². The first-order valence-corrected chi connectivity index (χ1v) is 11.4. The van der Waals surface area contributed by atoms with Crippen molar-refractivity contribution in [2.24, 2.45) is 0 Å². The van der Waals surface area contributed by atoms with Gasteiger partial charge in [0.25, 0.3) is 5.91 Å². The van der Waals surface area contributed by atoms with Crippen molar-refractivity contribution in [3.8, 4) is 0 Å². The monoisotopic (exact) mass is 465 g/mol. The Morgan fingerprint density at radius 3 is 2.41 bits per heavy atom. The number of piperidine rings is 1. The van der Waals surface area contributed by atoms with Crippen LogP contribution < -0.4 is 10.2 Å². The number of amides is 1. The summed E-state index contributed by atoms with van der Waals surface area (Å²) in [5.74, 6) is -0.538. The van der Waals surface area contributed by atoms with Gasteiger partial charge in [-0.15, -0.1) is 0 Å². The molecule has 4 rings (SSSR count). The van der Waals surface area contributed by atoms with Gasteiger partial charge < -0.3 is 15.1 Å². The molecule has 2 aromatic rings. The summed E-state index contributed by atoms with van der Waals surface area (Å²) in [5, 5.41) is 3.24. The summed E-state index contributed by atoms with van der Waals surface area (Å²) in [5.41, 5.74) is 0.442. The fourth-order valence-electron chi connectivity index (χ4n) is 4.62. The molecule has 2 saturated heterocycles. The molecule has 2 aliphatic heterocycles. The molecule has 0 bridgehead atoms. The molecular weight excluding hydrogens is 439 g/mol. The van der Waals surface area contributed by atoms with Crippen LogP contribution in [0.5, 0.6) is 0 Å². The first kappa shape index (κ1) is 22.9. The van der Waals surface area contributed by atoms with Crippen molar-refractivity contribution < 1.29 is 18.0 Å². The van der Waals surface area contributed by atoms with E-state index in [1.807, 2.05) is 4.90 Å². The van der Waals surface area contributed by atoms with E-state index >= 15 is 0 Å². The summed E-state index contributed by atoms with van der Waals surface area (Å²) >= 11 is 5.96. The van der Waals surface area contributed by atoms with Crippen LogP contribution in [0, 0.1) is 0 Å². The molecule has 2 fully saturated rings. The molecule has 172 valence electrons. The third kappa shape index (κ3) is 5.56. The van der Waals surface area contributed by atoms with Crippen LogP contribution in [0.3, 0.4) is 0 Å². The number of anilines is 1. The largest absolute Gasteiger partial charge is 0.416 e. The van der Waals surface area contributed by atoms with E-state index in [1.54, 1.807) is 30.3 Å². The van der Waals surface area contributed by atoms with Crippen LogP contribution in [0.4, 0.5) is 18.9 Å². The van der Waals surface area contributed by atoms with Gasteiger partial charge >= 0.3 is 6.18 Å². The third-order valence-electron chi connectivity index (χ3n) is 6.34. The molecule has 0 aromatic heterocycles. The van der Waals surface area contributed by atoms with Crippen molar-refractivity contribution >= 4 is 23.2 Å². The van der Waals surface area contributed by atoms with E-state index in [1.165, 1.54) is 12.8 Å². The average molecular weight is 466 g/mol. The molecule has 0 saturated carbocycles. The van der Waals surface area contributed by atoms with E-state index in [0.29, 0.717) is 29.8 Å². The van der Waals surface area contributed by atoms with E-state index in [9.17, 15) is 18.0 Å². The van der Waals surface area contributed by atoms with E-state index in [4.69, 9.17) is 11.6 Å². The number of benzene rings is 2. The molecule has 0 aliphatic carbocycles. The molecule has 2 heterocycles. The third-order valence-corrected chi connectivity index (χ3v) is 6.57. The minimum Gasteiger partial charge on any atom is -0.371 e. The van der Waals surface area contributed by atoms with Crippen LogP contribution in [0.1, 0.15) is 47.2 Å². The highest BCUT2D eigenvalue weighted by molar-refractivity contribution is 6.30. The number of carbonyl (C=O) groups is 1. The number of likely N-dealkylation sites (tertiary alicyclic amines) is 1. The Kier molecular flexibility index (Phi) is 6.96. The van der Waals surface area contributed by atoms with Crippen molar-refractivity contribution in [1.82, 2.24) is 10.2 Å². The van der Waals surface area contributed by atoms with Gasteiger partial charge in [0.1, 0.15) is 0 Å². The molecule has 2 aromatic carbocycles. The summed E-state index contributed by atoms with van der Waals surface area (Å²) in [6.45, 7) is 3.79. The van der Waals surface area contributed by atoms with Crippen molar-refractivity contribution in [3.63, 3.8) is 0 Å². The fraction of sp³-hybridized carbons (Fsp3) is 0.458. The molecular formula is C24H27ClF3N3O. The summed E-state index contributed by atoms with van der Waals surface area (Å²) in [7, 11) is 0. The van der Waals surface area contributed by atoms with E-state index < -0.39 is 17.6 Å². The van der Waals surface area contributed by atoms with Gasteiger partial charge in [0.2, 0.25) is 0 Å². The van der Waals surface area contributed by atoms with E-state index in [-0.39, 0.29) is 12.1 Å². The van der Waals surface area contributed by atoms with Crippen LogP contribution in [0.15, 0.2) is 42.5 Å². The smallest absolute Gasteiger partial charge is 0.371 e. The lowest BCUT2D eigenvalue weighted by Crippen LogP contribution is -2.44. The van der Waals surface area contributed by atoms with Crippen LogP contribution in [0.2, 0.25) is 5.02 Å². The number of hydrogen-bond acceptors (Lipinski definition) is 3. The maximum absolute atomic E-state index is 13.6. The topological polar surface area (TPSA) is 35.6 Å². The Labute approximate surface area is 191 Å². The second-order valence-corrected chi connectivity index (χ2v) is 8.98. The zero-order valence-corrected chi connectivity index (χ0v) is 18.6. The number of rotatable bonds is 5. The first-order valence-electron chi connectivity index (χ1n) is 11.0. The molecule has 8 heteroatoms. The van der Waals surface area contributed by atoms with Crippen LogP contribution in [-0.2, 0) is 12.7 Å². The van der Waals surface area contributed by atoms with Crippen molar-refractivity contribution in [2.45, 2.75) is 44.4 Å². The lowest BCUT2D eigenvalue weighted by molar-refractivity contribution is -0.137. The Bertz CT molecular complexity index is 952. The second-order valence-electron chi connectivity index (χ2n) is 8.54. The lowest BCUT2D eigenvalue weighted by atomic mass is 10.0. The number of nitrogens with one attached hydrogen (secondary N) is 1. The van der Waals surface area contributed by atoms with Gasteiger partial charge in [0, 0.05) is 41.9 Å². The highest BCUT2D eigenvalue weighted by Gasteiger charge is 2.33. The molecule has 1 N–H and O–H groups in total. The highest BCUT2D eigenvalue weighted by atomic mass is 35.5. The number of halogens is 4. The van der Waals surface area contributed by atoms with Gasteiger partial charge in [-0.05, 0) is 74.7 Å². The van der Waals surface area contributed by atoms with Crippen LogP contribution in [-0.4, -0.2) is 43.0 Å². The maximum atomic E-state index is 13.6. The summed E-state index contributed by atoms with van der Waals surface area (Å²) in [6.07, 6.45) is -0.228. The Morgan fingerprint density at radius 2 is 1.75 bits per heavy atom. The lowest BCUT2D eigenvalue weighted by Gasteiger charge is -2.38. The Morgan fingerprint density at radius 1 is 1.03 bits per heavy atom. The molecule has 2 aliphatic rings. The highest BCUT2D eigenvalue weighted by Crippen LogP contribution is 2.34. The molecule has 0 spiro atoms. The number of hydrogen-bond donors (Lipinski definition) is 1. The van der Waals surface area contributed by atoms with Crippen molar-refractivity contribution in [2.75, 3.05) is 31.1 Å². The summed E-state index contributed by atoms with van der Waals surface area (Å²) in [6, 6.07) is 11.1. The first-order chi connectivity index (χ1) is 15.3. The normalized spacial score (nSPS) is 18.2. The summed E-state index contributed by atoms with van der Waals surface area (Å²) in [4.78, 5) is 17.2. The zero-order valence-electron chi connectivity index (χ0n) is 17.8. The Hall–Kier alpha value is -2.25. The number of nitrogens with zero attached hydrogens (tertiary/aromatic N) is 2. The Balaban J connectivity index is 1.49. The SMILES string of the molecule is O=C(NCc1cccc(Cl)c1)c1cc(N2CCC(N3CCCC3)CC2)cc(C(F)(F)F)c1. The van der Waals surface area contributed by atoms with Gasteiger partial charge in [-0.25, -0.2) is 0 Å². The van der Waals surface area contributed by atoms with Crippen LogP contribution >= 0.6 is 11.6 Å². The quantitative estimate of drug-likeness (QED) is 0.646. The van der Waals surface area contributed by atoms with Gasteiger partial charge in [0.05, 0.1) is 5.56 Å². The average Bonchev–Trinajstić information content (AvgIpc) is 3.32.